The summed E-state index contributed by atoms with van der Waals surface area (Å²) in [4.78, 5) is 0. The second-order valence-electron chi connectivity index (χ2n) is 15.7. The molecule has 4 atom stereocenters. The van der Waals surface area contributed by atoms with E-state index < -0.39 is 0 Å². The number of aromatic hydroxyl groups is 1. The Morgan fingerprint density at radius 3 is 1.65 bits per heavy atom. The van der Waals surface area contributed by atoms with Crippen LogP contribution in [0.3, 0.4) is 0 Å². The predicted octanol–water partition coefficient (Wildman–Crippen LogP) is 8.01. The first-order valence-electron chi connectivity index (χ1n) is 13.2. The molecule has 0 saturated heterocycles. The van der Waals surface area contributed by atoms with Gasteiger partial charge in [-0.2, -0.15) is 0 Å². The molecule has 0 amide bonds. The van der Waals surface area contributed by atoms with Crippen LogP contribution in [0.1, 0.15) is 110 Å². The van der Waals surface area contributed by atoms with Crippen molar-refractivity contribution in [3.05, 3.63) is 29.8 Å². The van der Waals surface area contributed by atoms with E-state index in [1.54, 1.807) is 0 Å². The molecule has 168 valence electrons. The van der Waals surface area contributed by atoms with Crippen molar-refractivity contribution in [2.75, 3.05) is 0 Å². The highest BCUT2D eigenvalue weighted by molar-refractivity contribution is 5.37. The molecule has 1 heteroatoms. The Hall–Kier alpha value is -0.980. The summed E-state index contributed by atoms with van der Waals surface area (Å²) in [6.07, 6.45) is 17.7. The summed E-state index contributed by atoms with van der Waals surface area (Å²) in [6, 6.07) is 8.48. The Bertz CT molecular complexity index is 919. The molecule has 9 rings (SSSR count). The second-order valence-corrected chi connectivity index (χ2v) is 15.7. The zero-order valence-corrected chi connectivity index (χ0v) is 20.3. The average Bonchev–Trinajstić information content (AvgIpc) is 2.55. The van der Waals surface area contributed by atoms with Gasteiger partial charge in [0, 0.05) is 0 Å². The number of phenols is 1. The maximum absolute atomic E-state index is 10.0. The normalized spacial score (nSPS) is 58.8. The van der Waals surface area contributed by atoms with Crippen LogP contribution >= 0.6 is 0 Å². The maximum atomic E-state index is 10.0. The van der Waals surface area contributed by atoms with E-state index in [0.717, 1.165) is 5.92 Å². The quantitative estimate of drug-likeness (QED) is 0.515. The molecule has 4 unspecified atom stereocenters. The fourth-order valence-electron chi connectivity index (χ4n) is 13.4. The Morgan fingerprint density at radius 2 is 1.10 bits per heavy atom. The molecular formula is C30H42O. The minimum atomic E-state index is 0.330. The van der Waals surface area contributed by atoms with Gasteiger partial charge in [0.2, 0.25) is 0 Å². The van der Waals surface area contributed by atoms with Crippen molar-refractivity contribution in [3.8, 4) is 5.75 Å². The van der Waals surface area contributed by atoms with Gasteiger partial charge in [-0.05, 0) is 139 Å². The third-order valence-electron chi connectivity index (χ3n) is 11.8. The Kier molecular flexibility index (Phi) is 3.29. The van der Waals surface area contributed by atoms with Gasteiger partial charge in [-0.3, -0.25) is 0 Å². The predicted molar refractivity (Wildman–Crippen MR) is 126 cm³/mol. The Morgan fingerprint density at radius 1 is 0.581 bits per heavy atom. The van der Waals surface area contributed by atoms with Crippen LogP contribution in [-0.2, 0) is 5.41 Å². The Balaban J connectivity index is 1.40. The standard InChI is InChI=1S/C30H42O/c1-24-9-21-10-25(2,12-24)17-29(11-21,16-24)30-18-26(3)13-27(4,19-30)15-28(14-26,20-30)22-5-7-23(31)8-6-22/h5-8,21,31H,9-20H2,1-4H3. The van der Waals surface area contributed by atoms with Gasteiger partial charge in [0.05, 0.1) is 0 Å². The van der Waals surface area contributed by atoms with E-state index in [2.05, 4.69) is 39.8 Å². The fourth-order valence-corrected chi connectivity index (χ4v) is 13.4. The second kappa shape index (κ2) is 5.23. The Labute approximate surface area is 189 Å². The minimum absolute atomic E-state index is 0.330. The van der Waals surface area contributed by atoms with Crippen LogP contribution in [0.5, 0.6) is 5.75 Å². The van der Waals surface area contributed by atoms with E-state index in [-0.39, 0.29) is 0 Å². The molecule has 8 aliphatic carbocycles. The number of hydrogen-bond acceptors (Lipinski definition) is 1. The highest BCUT2D eigenvalue weighted by Crippen LogP contribution is 2.83. The lowest BCUT2D eigenvalue weighted by Gasteiger charge is -2.78. The molecule has 1 N–H and O–H groups in total. The van der Waals surface area contributed by atoms with Crippen molar-refractivity contribution >= 4 is 0 Å². The molecule has 0 aliphatic heterocycles. The minimum Gasteiger partial charge on any atom is -0.508 e. The van der Waals surface area contributed by atoms with E-state index in [4.69, 9.17) is 0 Å². The van der Waals surface area contributed by atoms with Crippen molar-refractivity contribution < 1.29 is 5.11 Å². The zero-order chi connectivity index (χ0) is 21.5. The number of phenolic OH excluding ortho intramolecular Hbond substituents is 1. The van der Waals surface area contributed by atoms with Crippen LogP contribution < -0.4 is 0 Å². The fraction of sp³-hybridized carbons (Fsp3) is 0.800. The highest BCUT2D eigenvalue weighted by atomic mass is 16.3. The van der Waals surface area contributed by atoms with Gasteiger partial charge >= 0.3 is 0 Å². The molecule has 8 bridgehead atoms. The third kappa shape index (κ3) is 2.45. The van der Waals surface area contributed by atoms with Crippen LogP contribution in [0.15, 0.2) is 24.3 Å². The largest absolute Gasteiger partial charge is 0.508 e. The summed E-state index contributed by atoms with van der Waals surface area (Å²) < 4.78 is 0. The molecule has 8 aliphatic rings. The van der Waals surface area contributed by atoms with E-state index >= 15 is 0 Å². The van der Waals surface area contributed by atoms with Crippen molar-refractivity contribution in [2.24, 2.45) is 38.4 Å². The zero-order valence-electron chi connectivity index (χ0n) is 20.3. The first-order valence-corrected chi connectivity index (χ1v) is 13.2. The van der Waals surface area contributed by atoms with Gasteiger partial charge in [-0.25, -0.2) is 0 Å². The first-order chi connectivity index (χ1) is 14.4. The lowest BCUT2D eigenvalue weighted by atomic mass is 9.26. The van der Waals surface area contributed by atoms with Gasteiger partial charge in [0.25, 0.3) is 0 Å². The summed E-state index contributed by atoms with van der Waals surface area (Å²) in [7, 11) is 0. The summed E-state index contributed by atoms with van der Waals surface area (Å²) in [5.74, 6) is 1.41. The summed E-state index contributed by atoms with van der Waals surface area (Å²) in [5.41, 5.74) is 5.17. The molecule has 0 spiro atoms. The highest BCUT2D eigenvalue weighted by Gasteiger charge is 2.74. The van der Waals surface area contributed by atoms with E-state index in [9.17, 15) is 5.11 Å². The molecular weight excluding hydrogens is 376 g/mol. The number of benzene rings is 1. The SMILES string of the molecule is CC12CC3CC(C)(C1)CC(C14CC5(C)CC(C)(CC(c6ccc(O)cc6)(C5)C1)C4)(C3)C2. The molecule has 0 radical (unpaired) electrons. The topological polar surface area (TPSA) is 20.2 Å². The van der Waals surface area contributed by atoms with Crippen LogP contribution in [0.4, 0.5) is 0 Å². The molecule has 1 nitrogen and oxygen atoms in total. The van der Waals surface area contributed by atoms with Gasteiger partial charge in [-0.1, -0.05) is 39.8 Å². The summed E-state index contributed by atoms with van der Waals surface area (Å²) in [6.45, 7) is 10.7. The monoisotopic (exact) mass is 418 g/mol. The van der Waals surface area contributed by atoms with Crippen molar-refractivity contribution in [1.29, 1.82) is 0 Å². The maximum Gasteiger partial charge on any atom is 0.115 e. The lowest BCUT2D eigenvalue weighted by Crippen LogP contribution is -2.69. The molecule has 8 saturated carbocycles. The summed E-state index contributed by atoms with van der Waals surface area (Å²) >= 11 is 0. The van der Waals surface area contributed by atoms with Crippen molar-refractivity contribution in [2.45, 2.75) is 110 Å². The van der Waals surface area contributed by atoms with Crippen molar-refractivity contribution in [3.63, 3.8) is 0 Å². The molecule has 0 aromatic heterocycles. The molecule has 0 heterocycles. The van der Waals surface area contributed by atoms with Gasteiger partial charge in [-0.15, -0.1) is 0 Å². The molecule has 31 heavy (non-hydrogen) atoms. The molecule has 1 aromatic rings. The average molecular weight is 419 g/mol. The smallest absolute Gasteiger partial charge is 0.115 e. The van der Waals surface area contributed by atoms with E-state index in [1.165, 1.54) is 82.6 Å². The van der Waals surface area contributed by atoms with Crippen molar-refractivity contribution in [1.82, 2.24) is 0 Å². The molecule has 8 fully saturated rings. The third-order valence-corrected chi connectivity index (χ3v) is 11.8. The van der Waals surface area contributed by atoms with Crippen LogP contribution in [0.25, 0.3) is 0 Å². The van der Waals surface area contributed by atoms with Crippen LogP contribution in [0, 0.1) is 38.4 Å². The number of rotatable bonds is 2. The van der Waals surface area contributed by atoms with Crippen LogP contribution in [0.2, 0.25) is 0 Å². The van der Waals surface area contributed by atoms with E-state index in [1.807, 2.05) is 12.1 Å². The molecule has 1 aromatic carbocycles. The van der Waals surface area contributed by atoms with Gasteiger partial charge in [0.15, 0.2) is 0 Å². The first kappa shape index (κ1) is 19.5. The van der Waals surface area contributed by atoms with E-state index in [0.29, 0.717) is 43.7 Å². The van der Waals surface area contributed by atoms with Crippen LogP contribution in [-0.4, -0.2) is 5.11 Å². The lowest BCUT2D eigenvalue weighted by molar-refractivity contribution is -0.270. The van der Waals surface area contributed by atoms with Gasteiger partial charge in [0.1, 0.15) is 5.75 Å². The summed E-state index contributed by atoms with van der Waals surface area (Å²) in [5, 5.41) is 10.0. The number of hydrogen-bond donors (Lipinski definition) is 1. The van der Waals surface area contributed by atoms with Gasteiger partial charge < -0.3 is 5.11 Å².